The predicted octanol–water partition coefficient (Wildman–Crippen LogP) is 3.55. The van der Waals surface area contributed by atoms with Crippen LogP contribution in [0.25, 0.3) is 0 Å². The van der Waals surface area contributed by atoms with Gasteiger partial charge in [0.2, 0.25) is 0 Å². The number of carbonyl (C=O) groups excluding carboxylic acids is 4. The van der Waals surface area contributed by atoms with Crippen LogP contribution in [-0.2, 0) is 19.1 Å². The van der Waals surface area contributed by atoms with Crippen LogP contribution in [0.5, 0.6) is 0 Å². The van der Waals surface area contributed by atoms with Crippen LogP contribution < -0.4 is 16.4 Å². The molecule has 4 N–H and O–H groups in total. The van der Waals surface area contributed by atoms with Crippen molar-refractivity contribution in [1.82, 2.24) is 10.6 Å². The Morgan fingerprint density at radius 2 is 1.78 bits per heavy atom. The number of nitrogens with two attached hydrogens (primary N) is 1. The summed E-state index contributed by atoms with van der Waals surface area (Å²) in [5, 5.41) is 5.83. The van der Waals surface area contributed by atoms with Gasteiger partial charge in [-0.15, -0.1) is 5.92 Å². The molecule has 8 nitrogen and oxygen atoms in total. The Morgan fingerprint density at radius 1 is 1.03 bits per heavy atom. The van der Waals surface area contributed by atoms with Crippen molar-refractivity contribution in [1.29, 1.82) is 0 Å². The number of hydrogen-bond donors (Lipinski definition) is 3. The van der Waals surface area contributed by atoms with Gasteiger partial charge < -0.3 is 21.1 Å². The molecule has 1 aliphatic carbocycles. The van der Waals surface area contributed by atoms with Crippen molar-refractivity contribution in [3.05, 3.63) is 0 Å². The molecular weight excluding hydrogens is 458 g/mol. The molecule has 8 heteroatoms. The Morgan fingerprint density at radius 3 is 2.44 bits per heavy atom. The van der Waals surface area contributed by atoms with Gasteiger partial charge in [-0.2, -0.15) is 0 Å². The topological polar surface area (TPSA) is 128 Å². The van der Waals surface area contributed by atoms with E-state index in [1.54, 1.807) is 0 Å². The summed E-state index contributed by atoms with van der Waals surface area (Å²) in [6, 6.07) is -0.979. The zero-order chi connectivity index (χ0) is 26.9. The molecule has 1 unspecified atom stereocenters. The second kappa shape index (κ2) is 18.1. The van der Waals surface area contributed by atoms with Crippen molar-refractivity contribution in [3.63, 3.8) is 0 Å². The van der Waals surface area contributed by atoms with Gasteiger partial charge in [-0.1, -0.05) is 40.0 Å². The van der Waals surface area contributed by atoms with E-state index in [0.29, 0.717) is 38.8 Å². The molecule has 1 rings (SSSR count). The Labute approximate surface area is 217 Å². The Bertz CT molecular complexity index is 769. The highest BCUT2D eigenvalue weighted by Gasteiger charge is 2.28. The molecule has 0 fully saturated rings. The van der Waals surface area contributed by atoms with Gasteiger partial charge in [-0.25, -0.2) is 4.79 Å². The van der Waals surface area contributed by atoms with Crippen LogP contribution in [0.3, 0.4) is 0 Å². The van der Waals surface area contributed by atoms with Crippen LogP contribution in [0, 0.1) is 29.6 Å². The van der Waals surface area contributed by atoms with Crippen molar-refractivity contribution in [2.45, 2.75) is 104 Å². The van der Waals surface area contributed by atoms with Gasteiger partial charge in [-0.3, -0.25) is 14.4 Å². The van der Waals surface area contributed by atoms with Crippen LogP contribution in [0.2, 0.25) is 0 Å². The standard InChI is InChI=1S/C28H47N3O5/c1-20(2)26(25(33)18-22(27(34)21(3)4)12-10-17-31-28(29)35)30-16-11-13-23(32)19-36-24-14-8-6-5-7-9-15-24/h20-22,24,26,30H,5-8,10-14,16-19H2,1-4H3,(H3,29,31,35)/t22-,24?,26+/m1/s1. The van der Waals surface area contributed by atoms with E-state index in [9.17, 15) is 19.2 Å². The lowest BCUT2D eigenvalue weighted by molar-refractivity contribution is -0.131. The van der Waals surface area contributed by atoms with Crippen LogP contribution in [0.15, 0.2) is 0 Å². The fourth-order valence-electron chi connectivity index (χ4n) is 4.38. The zero-order valence-electron chi connectivity index (χ0n) is 22.7. The van der Waals surface area contributed by atoms with E-state index in [4.69, 9.17) is 10.5 Å². The predicted molar refractivity (Wildman–Crippen MR) is 141 cm³/mol. The Hall–Kier alpha value is -2.24. The normalized spacial score (nSPS) is 17.4. The molecule has 0 radical (unpaired) electrons. The fraction of sp³-hybridized carbons (Fsp3) is 0.786. The maximum Gasteiger partial charge on any atom is 0.312 e. The second-order valence-electron chi connectivity index (χ2n) is 10.4. The largest absolute Gasteiger partial charge is 0.358 e. The molecule has 0 aromatic rings. The lowest BCUT2D eigenvalue weighted by Crippen LogP contribution is -2.43. The number of nitrogens with one attached hydrogen (secondary N) is 2. The molecule has 2 amide bonds. The first-order valence-electron chi connectivity index (χ1n) is 13.6. The highest BCUT2D eigenvalue weighted by Crippen LogP contribution is 2.20. The van der Waals surface area contributed by atoms with E-state index in [-0.39, 0.29) is 60.3 Å². The first-order valence-corrected chi connectivity index (χ1v) is 13.6. The van der Waals surface area contributed by atoms with Crippen LogP contribution in [-0.4, -0.2) is 55.2 Å². The SMILES string of the molecule is CC(C)C(=O)[C@H](CCCNC(N)=O)CC(=O)[C@@H](NCCCC(=O)COC1C#CCCCCC1)C(C)C. The summed E-state index contributed by atoms with van der Waals surface area (Å²) >= 11 is 0. The summed E-state index contributed by atoms with van der Waals surface area (Å²) in [5.41, 5.74) is 5.10. The molecule has 0 saturated carbocycles. The van der Waals surface area contributed by atoms with E-state index in [2.05, 4.69) is 22.5 Å². The van der Waals surface area contributed by atoms with Crippen LogP contribution in [0.4, 0.5) is 4.79 Å². The third kappa shape index (κ3) is 13.7. The molecule has 1 aliphatic rings. The maximum atomic E-state index is 13.1. The van der Waals surface area contributed by atoms with E-state index >= 15 is 0 Å². The molecular formula is C28H47N3O5. The van der Waals surface area contributed by atoms with Crippen molar-refractivity contribution in [2.75, 3.05) is 19.7 Å². The Kier molecular flexibility index (Phi) is 16.0. The van der Waals surface area contributed by atoms with Gasteiger partial charge in [0.1, 0.15) is 18.5 Å². The fourth-order valence-corrected chi connectivity index (χ4v) is 4.38. The average molecular weight is 506 g/mol. The molecule has 0 aromatic heterocycles. The summed E-state index contributed by atoms with van der Waals surface area (Å²) in [4.78, 5) is 49.0. The molecule has 204 valence electrons. The van der Waals surface area contributed by atoms with Crippen LogP contribution in [0.1, 0.15) is 91.9 Å². The number of Topliss-reactive ketones (excluding diaryl/α,β-unsaturated/α-hetero) is 3. The van der Waals surface area contributed by atoms with Gasteiger partial charge in [0.25, 0.3) is 0 Å². The lowest BCUT2D eigenvalue weighted by Gasteiger charge is -2.24. The minimum atomic E-state index is -0.597. The summed E-state index contributed by atoms with van der Waals surface area (Å²) in [6.07, 6.45) is 7.25. The average Bonchev–Trinajstić information content (AvgIpc) is 2.79. The highest BCUT2D eigenvalue weighted by atomic mass is 16.5. The molecule has 0 saturated heterocycles. The van der Waals surface area contributed by atoms with Crippen molar-refractivity contribution in [2.24, 2.45) is 23.5 Å². The van der Waals surface area contributed by atoms with E-state index in [0.717, 1.165) is 32.1 Å². The monoisotopic (exact) mass is 505 g/mol. The molecule has 0 spiro atoms. The zero-order valence-corrected chi connectivity index (χ0v) is 22.7. The van der Waals surface area contributed by atoms with Gasteiger partial charge in [0, 0.05) is 37.6 Å². The van der Waals surface area contributed by atoms with Gasteiger partial charge in [0.15, 0.2) is 11.6 Å². The van der Waals surface area contributed by atoms with Gasteiger partial charge in [-0.05, 0) is 51.0 Å². The number of carbonyl (C=O) groups is 4. The molecule has 36 heavy (non-hydrogen) atoms. The minimum Gasteiger partial charge on any atom is -0.358 e. The quantitative estimate of drug-likeness (QED) is 0.193. The van der Waals surface area contributed by atoms with Crippen LogP contribution >= 0.6 is 0 Å². The smallest absolute Gasteiger partial charge is 0.312 e. The van der Waals surface area contributed by atoms with E-state index < -0.39 is 6.03 Å². The molecule has 3 atom stereocenters. The second-order valence-corrected chi connectivity index (χ2v) is 10.4. The van der Waals surface area contributed by atoms with E-state index in [1.165, 1.54) is 0 Å². The summed E-state index contributed by atoms with van der Waals surface area (Å²) in [7, 11) is 0. The molecule has 0 bridgehead atoms. The first-order chi connectivity index (χ1) is 17.1. The third-order valence-corrected chi connectivity index (χ3v) is 6.43. The van der Waals surface area contributed by atoms with E-state index in [1.807, 2.05) is 27.7 Å². The molecule has 0 aliphatic heterocycles. The van der Waals surface area contributed by atoms with Gasteiger partial charge >= 0.3 is 6.03 Å². The number of hydrogen-bond acceptors (Lipinski definition) is 6. The number of urea groups is 1. The van der Waals surface area contributed by atoms with Crippen molar-refractivity contribution < 1.29 is 23.9 Å². The Balaban J connectivity index is 2.48. The van der Waals surface area contributed by atoms with Crippen molar-refractivity contribution >= 4 is 23.4 Å². The number of primary amides is 1. The first kappa shape index (κ1) is 31.8. The molecule has 0 aromatic carbocycles. The third-order valence-electron chi connectivity index (χ3n) is 6.43. The van der Waals surface area contributed by atoms with Gasteiger partial charge in [0.05, 0.1) is 6.04 Å². The summed E-state index contributed by atoms with van der Waals surface area (Å²) in [5.74, 6) is 5.84. The number of ketones is 3. The lowest BCUT2D eigenvalue weighted by atomic mass is 9.84. The minimum absolute atomic E-state index is 0.00405. The summed E-state index contributed by atoms with van der Waals surface area (Å²) < 4.78 is 5.71. The maximum absolute atomic E-state index is 13.1. The number of rotatable bonds is 18. The van der Waals surface area contributed by atoms with Crippen molar-refractivity contribution in [3.8, 4) is 11.8 Å². The number of amides is 2. The molecule has 0 heterocycles. The number of ether oxygens (including phenoxy) is 1. The highest BCUT2D eigenvalue weighted by molar-refractivity contribution is 5.91. The summed E-state index contributed by atoms with van der Waals surface area (Å²) in [6.45, 7) is 8.61.